The number of hydrogen-bond donors (Lipinski definition) is 2. The zero-order valence-electron chi connectivity index (χ0n) is 18.9. The highest BCUT2D eigenvalue weighted by Crippen LogP contribution is 2.42. The van der Waals surface area contributed by atoms with E-state index in [4.69, 9.17) is 11.6 Å². The highest BCUT2D eigenvalue weighted by molar-refractivity contribution is 7.93. The topological polar surface area (TPSA) is 117 Å². The number of aliphatic hydroxyl groups is 1. The molecule has 186 valence electrons. The van der Waals surface area contributed by atoms with Gasteiger partial charge in [0.15, 0.2) is 5.13 Å². The third-order valence-corrected chi connectivity index (χ3v) is 8.18. The lowest BCUT2D eigenvalue weighted by molar-refractivity contribution is -0.132. The lowest BCUT2D eigenvalue weighted by Crippen LogP contribution is -2.29. The van der Waals surface area contributed by atoms with Gasteiger partial charge in [-0.15, -0.1) is 11.3 Å². The summed E-state index contributed by atoms with van der Waals surface area (Å²) < 4.78 is 27.8. The van der Waals surface area contributed by atoms with Crippen LogP contribution in [0.5, 0.6) is 0 Å². The lowest BCUT2D eigenvalue weighted by atomic mass is 9.95. The van der Waals surface area contributed by atoms with Crippen LogP contribution in [0.3, 0.4) is 0 Å². The van der Waals surface area contributed by atoms with E-state index >= 15 is 0 Å². The highest BCUT2D eigenvalue weighted by Gasteiger charge is 2.47. The molecule has 3 aromatic carbocycles. The molecule has 1 amide bonds. The van der Waals surface area contributed by atoms with E-state index in [0.29, 0.717) is 21.8 Å². The molecular formula is C26H18ClN3O5S2. The molecule has 0 radical (unpaired) electrons. The Bertz CT molecular complexity index is 1600. The number of Topliss-reactive ketones (excluding diaryl/α,β-unsaturated/α-hetero) is 1. The van der Waals surface area contributed by atoms with Crippen LogP contribution in [0, 0.1) is 0 Å². The van der Waals surface area contributed by atoms with E-state index in [-0.39, 0.29) is 21.4 Å². The average molecular weight is 552 g/mol. The van der Waals surface area contributed by atoms with Crippen molar-refractivity contribution in [1.29, 1.82) is 0 Å². The van der Waals surface area contributed by atoms with Gasteiger partial charge in [0.2, 0.25) is 0 Å². The number of thiazole rings is 1. The Balaban J connectivity index is 1.58. The van der Waals surface area contributed by atoms with Gasteiger partial charge in [0.05, 0.1) is 16.5 Å². The Morgan fingerprint density at radius 1 is 0.973 bits per heavy atom. The van der Waals surface area contributed by atoms with Crippen molar-refractivity contribution in [2.75, 3.05) is 9.62 Å². The maximum Gasteiger partial charge on any atom is 0.300 e. The number of amides is 1. The fourth-order valence-electron chi connectivity index (χ4n) is 4.05. The molecule has 5 rings (SSSR count). The van der Waals surface area contributed by atoms with Crippen LogP contribution in [0.25, 0.3) is 5.76 Å². The zero-order chi connectivity index (χ0) is 26.2. The Kier molecular flexibility index (Phi) is 6.55. The number of benzene rings is 3. The monoisotopic (exact) mass is 551 g/mol. The summed E-state index contributed by atoms with van der Waals surface area (Å²) in [6.45, 7) is 0. The van der Waals surface area contributed by atoms with Crippen molar-refractivity contribution in [2.45, 2.75) is 10.9 Å². The molecule has 0 aliphatic carbocycles. The molecule has 11 heteroatoms. The predicted molar refractivity (Wildman–Crippen MR) is 142 cm³/mol. The molecule has 0 saturated carbocycles. The molecule has 4 aromatic rings. The van der Waals surface area contributed by atoms with Crippen molar-refractivity contribution in [3.63, 3.8) is 0 Å². The number of carbonyl (C=O) groups excluding carboxylic acids is 2. The van der Waals surface area contributed by atoms with Crippen LogP contribution in [0.4, 0.5) is 10.8 Å². The Hall–Kier alpha value is -3.99. The van der Waals surface area contributed by atoms with Crippen LogP contribution in [0.15, 0.2) is 101 Å². The van der Waals surface area contributed by atoms with Crippen molar-refractivity contribution in [2.24, 2.45) is 0 Å². The van der Waals surface area contributed by atoms with Gasteiger partial charge >= 0.3 is 0 Å². The summed E-state index contributed by atoms with van der Waals surface area (Å²) in [5.41, 5.74) is 1.14. The van der Waals surface area contributed by atoms with Gasteiger partial charge in [-0.25, -0.2) is 13.4 Å². The van der Waals surface area contributed by atoms with Gasteiger partial charge in [0.1, 0.15) is 5.76 Å². The summed E-state index contributed by atoms with van der Waals surface area (Å²) in [5.74, 6) is -2.04. The highest BCUT2D eigenvalue weighted by atomic mass is 35.5. The normalized spacial score (nSPS) is 17.2. The van der Waals surface area contributed by atoms with Gasteiger partial charge in [-0.1, -0.05) is 41.9 Å². The van der Waals surface area contributed by atoms with Gasteiger partial charge in [-0.3, -0.25) is 19.2 Å². The zero-order valence-corrected chi connectivity index (χ0v) is 21.3. The summed E-state index contributed by atoms with van der Waals surface area (Å²) in [4.78, 5) is 31.6. The van der Waals surface area contributed by atoms with Crippen LogP contribution in [-0.4, -0.2) is 30.2 Å². The fourth-order valence-corrected chi connectivity index (χ4v) is 5.96. The van der Waals surface area contributed by atoms with E-state index < -0.39 is 27.8 Å². The molecule has 1 aliphatic heterocycles. The molecule has 1 aromatic heterocycles. The molecule has 1 saturated heterocycles. The maximum absolute atomic E-state index is 13.3. The SMILES string of the molecule is O=C1C(=O)N(c2ccc(S(=O)(=O)Nc3nccs3)cc2)C(c2ccccc2)C1=C(O)c1ccc(Cl)cc1. The first-order chi connectivity index (χ1) is 17.8. The third kappa shape index (κ3) is 4.74. The summed E-state index contributed by atoms with van der Waals surface area (Å²) in [7, 11) is -3.91. The second-order valence-corrected chi connectivity index (χ2v) is 11.0. The molecule has 0 bridgehead atoms. The molecular weight excluding hydrogens is 534 g/mol. The number of carbonyl (C=O) groups is 2. The third-order valence-electron chi connectivity index (χ3n) is 5.76. The predicted octanol–water partition coefficient (Wildman–Crippen LogP) is 5.22. The van der Waals surface area contributed by atoms with Gasteiger partial charge < -0.3 is 5.11 Å². The number of aliphatic hydroxyl groups excluding tert-OH is 1. The molecule has 1 fully saturated rings. The van der Waals surface area contributed by atoms with Crippen LogP contribution >= 0.6 is 22.9 Å². The summed E-state index contributed by atoms with van der Waals surface area (Å²) >= 11 is 7.10. The molecule has 8 nitrogen and oxygen atoms in total. The van der Waals surface area contributed by atoms with Crippen molar-refractivity contribution >= 4 is 61.2 Å². The van der Waals surface area contributed by atoms with Gasteiger partial charge in [0.25, 0.3) is 21.7 Å². The first-order valence-corrected chi connectivity index (χ1v) is 13.6. The summed E-state index contributed by atoms with van der Waals surface area (Å²) in [5, 5.41) is 13.4. The second kappa shape index (κ2) is 9.81. The van der Waals surface area contributed by atoms with E-state index in [1.54, 1.807) is 60.0 Å². The van der Waals surface area contributed by atoms with Crippen molar-refractivity contribution in [3.05, 3.63) is 112 Å². The number of anilines is 2. The fraction of sp³-hybridized carbons (Fsp3) is 0.0385. The Morgan fingerprint density at radius 2 is 1.65 bits per heavy atom. The number of ketones is 1. The number of hydrogen-bond acceptors (Lipinski definition) is 7. The standard InChI is InChI=1S/C26H18ClN3O5S2/c27-18-8-6-17(7-9-18)23(31)21-22(16-4-2-1-3-5-16)30(25(33)24(21)32)19-10-12-20(13-11-19)37(34,35)29-26-28-14-15-36-26/h1-15,22,31H,(H,28,29). The minimum Gasteiger partial charge on any atom is -0.507 e. The van der Waals surface area contributed by atoms with Gasteiger partial charge in [0, 0.05) is 27.9 Å². The number of aromatic nitrogens is 1. The smallest absolute Gasteiger partial charge is 0.300 e. The van der Waals surface area contributed by atoms with E-state index in [9.17, 15) is 23.1 Å². The molecule has 1 unspecified atom stereocenters. The minimum absolute atomic E-state index is 0.0412. The molecule has 2 heterocycles. The van der Waals surface area contributed by atoms with Crippen molar-refractivity contribution in [1.82, 2.24) is 4.98 Å². The second-order valence-electron chi connectivity index (χ2n) is 8.02. The quantitative estimate of drug-likeness (QED) is 0.193. The summed E-state index contributed by atoms with van der Waals surface area (Å²) in [6, 6.07) is 19.7. The van der Waals surface area contributed by atoms with E-state index in [2.05, 4.69) is 9.71 Å². The summed E-state index contributed by atoms with van der Waals surface area (Å²) in [6.07, 6.45) is 1.48. The first kappa shape index (κ1) is 24.7. The van der Waals surface area contributed by atoms with Crippen molar-refractivity contribution < 1.29 is 23.1 Å². The maximum atomic E-state index is 13.3. The Labute approximate surface area is 221 Å². The number of nitrogens with zero attached hydrogens (tertiary/aromatic N) is 2. The average Bonchev–Trinajstić information content (AvgIpc) is 3.50. The van der Waals surface area contributed by atoms with E-state index in [1.165, 1.54) is 35.4 Å². The number of sulfonamides is 1. The van der Waals surface area contributed by atoms with E-state index in [1.807, 2.05) is 0 Å². The van der Waals surface area contributed by atoms with Crippen LogP contribution in [0.1, 0.15) is 17.2 Å². The molecule has 2 N–H and O–H groups in total. The minimum atomic E-state index is -3.91. The molecule has 1 aliphatic rings. The molecule has 37 heavy (non-hydrogen) atoms. The number of rotatable bonds is 6. The first-order valence-electron chi connectivity index (χ1n) is 10.9. The van der Waals surface area contributed by atoms with Crippen LogP contribution in [0.2, 0.25) is 5.02 Å². The largest absolute Gasteiger partial charge is 0.507 e. The number of halogens is 1. The van der Waals surface area contributed by atoms with Crippen LogP contribution < -0.4 is 9.62 Å². The molecule has 0 spiro atoms. The Morgan fingerprint density at radius 3 is 2.27 bits per heavy atom. The van der Waals surface area contributed by atoms with Gasteiger partial charge in [-0.2, -0.15) is 0 Å². The van der Waals surface area contributed by atoms with Crippen molar-refractivity contribution in [3.8, 4) is 0 Å². The van der Waals surface area contributed by atoms with Gasteiger partial charge in [-0.05, 0) is 54.1 Å². The van der Waals surface area contributed by atoms with E-state index in [0.717, 1.165) is 11.3 Å². The molecule has 1 atom stereocenters. The van der Waals surface area contributed by atoms with Crippen LogP contribution in [-0.2, 0) is 19.6 Å². The lowest BCUT2D eigenvalue weighted by Gasteiger charge is -2.25. The number of nitrogens with one attached hydrogen (secondary N) is 1.